The largest absolute Gasteiger partial charge is 0.497 e. The van der Waals surface area contributed by atoms with E-state index in [1.165, 1.54) is 7.11 Å². The highest BCUT2D eigenvalue weighted by Crippen LogP contribution is 2.19. The lowest BCUT2D eigenvalue weighted by Crippen LogP contribution is -2.39. The first-order valence-corrected chi connectivity index (χ1v) is 7.44. The van der Waals surface area contributed by atoms with Crippen LogP contribution in [0.25, 0.3) is 10.9 Å². The number of hydrogen-bond acceptors (Lipinski definition) is 4. The highest BCUT2D eigenvalue weighted by molar-refractivity contribution is 5.81. The third kappa shape index (κ3) is 3.90. The van der Waals surface area contributed by atoms with Crippen LogP contribution in [0.3, 0.4) is 0 Å². The van der Waals surface area contributed by atoms with Crippen LogP contribution in [-0.4, -0.2) is 42.7 Å². The van der Waals surface area contributed by atoms with Crippen molar-refractivity contribution in [2.24, 2.45) is 0 Å². The maximum Gasteiger partial charge on any atom is 0.253 e. The molecule has 1 N–H and O–H groups in total. The topological polar surface area (TPSA) is 71.6 Å². The number of benzene rings is 1. The Hall–Kier alpha value is -2.34. The molecule has 1 amide bonds. The molecular weight excluding hydrogens is 296 g/mol. The molecule has 0 atom stereocenters. The summed E-state index contributed by atoms with van der Waals surface area (Å²) in [7, 11) is 3.07. The molecule has 0 aliphatic heterocycles. The van der Waals surface area contributed by atoms with E-state index in [-0.39, 0.29) is 30.7 Å². The van der Waals surface area contributed by atoms with Crippen LogP contribution in [0, 0.1) is 0 Å². The lowest BCUT2D eigenvalue weighted by molar-refractivity contribution is -0.137. The first-order chi connectivity index (χ1) is 11.0. The number of pyridine rings is 1. The fourth-order valence-electron chi connectivity index (χ4n) is 2.42. The summed E-state index contributed by atoms with van der Waals surface area (Å²) in [6.45, 7) is 4.05. The van der Waals surface area contributed by atoms with Crippen molar-refractivity contribution in [1.82, 2.24) is 9.88 Å². The second-order valence-electron chi connectivity index (χ2n) is 5.63. The monoisotopic (exact) mass is 318 g/mol. The summed E-state index contributed by atoms with van der Waals surface area (Å²) in [5.74, 6) is 0.569. The van der Waals surface area contributed by atoms with Gasteiger partial charge in [0.25, 0.3) is 5.56 Å². The molecular formula is C17H22N2O4. The molecule has 0 aliphatic rings. The molecule has 0 saturated carbocycles. The number of hydrogen-bond donors (Lipinski definition) is 1. The molecule has 0 aliphatic carbocycles. The zero-order chi connectivity index (χ0) is 17.0. The summed E-state index contributed by atoms with van der Waals surface area (Å²) in [6.07, 6.45) is 0. The van der Waals surface area contributed by atoms with Gasteiger partial charge in [-0.3, -0.25) is 9.59 Å². The minimum Gasteiger partial charge on any atom is -0.497 e. The number of nitrogens with zero attached hydrogens (tertiary/aromatic N) is 1. The van der Waals surface area contributed by atoms with Gasteiger partial charge in [0.15, 0.2) is 0 Å². The van der Waals surface area contributed by atoms with Crippen LogP contribution in [0.15, 0.2) is 29.1 Å². The van der Waals surface area contributed by atoms with Crippen molar-refractivity contribution < 1.29 is 14.3 Å². The fourth-order valence-corrected chi connectivity index (χ4v) is 2.42. The Kier molecular flexibility index (Phi) is 5.39. The van der Waals surface area contributed by atoms with E-state index in [1.54, 1.807) is 30.2 Å². The molecule has 6 heteroatoms. The van der Waals surface area contributed by atoms with E-state index in [4.69, 9.17) is 9.47 Å². The van der Waals surface area contributed by atoms with Gasteiger partial charge in [0.05, 0.1) is 13.7 Å². The average Bonchev–Trinajstić information content (AvgIpc) is 2.52. The minimum absolute atomic E-state index is 0.00249. The third-order valence-electron chi connectivity index (χ3n) is 3.68. The summed E-state index contributed by atoms with van der Waals surface area (Å²) in [5.41, 5.74) is 1.07. The highest BCUT2D eigenvalue weighted by atomic mass is 16.5. The molecule has 2 aromatic rings. The Morgan fingerprint density at radius 1 is 1.26 bits per heavy atom. The van der Waals surface area contributed by atoms with Gasteiger partial charge in [-0.25, -0.2) is 0 Å². The molecule has 0 saturated heterocycles. The highest BCUT2D eigenvalue weighted by Gasteiger charge is 2.18. The van der Waals surface area contributed by atoms with Crippen molar-refractivity contribution in [3.05, 3.63) is 40.2 Å². The first kappa shape index (κ1) is 17.0. The molecule has 0 radical (unpaired) electrons. The van der Waals surface area contributed by atoms with Crippen molar-refractivity contribution in [2.75, 3.05) is 20.8 Å². The zero-order valence-electron chi connectivity index (χ0n) is 13.9. The summed E-state index contributed by atoms with van der Waals surface area (Å²) in [4.78, 5) is 28.9. The van der Waals surface area contributed by atoms with E-state index in [0.717, 1.165) is 10.9 Å². The molecule has 0 bridgehead atoms. The number of carbonyl (C=O) groups is 1. The minimum atomic E-state index is -0.196. The van der Waals surface area contributed by atoms with Crippen LogP contribution in [0.5, 0.6) is 5.75 Å². The van der Waals surface area contributed by atoms with E-state index in [9.17, 15) is 9.59 Å². The molecule has 6 nitrogen and oxygen atoms in total. The van der Waals surface area contributed by atoms with Crippen molar-refractivity contribution in [3.63, 3.8) is 0 Å². The number of rotatable bonds is 6. The molecule has 23 heavy (non-hydrogen) atoms. The lowest BCUT2D eigenvalue weighted by atomic mass is 10.1. The number of methoxy groups -OCH3 is 2. The summed E-state index contributed by atoms with van der Waals surface area (Å²) in [6, 6.07) is 7.21. The van der Waals surface area contributed by atoms with Crippen LogP contribution >= 0.6 is 0 Å². The van der Waals surface area contributed by atoms with Crippen LogP contribution in [0.2, 0.25) is 0 Å². The molecule has 1 aromatic carbocycles. The van der Waals surface area contributed by atoms with E-state index in [1.807, 2.05) is 19.9 Å². The van der Waals surface area contributed by atoms with Gasteiger partial charge < -0.3 is 19.4 Å². The van der Waals surface area contributed by atoms with Gasteiger partial charge >= 0.3 is 0 Å². The summed E-state index contributed by atoms with van der Waals surface area (Å²) in [5, 5.41) is 0.863. The number of aromatic amines is 1. The standard InChI is InChI=1S/C17H22N2O4/c1-11(2)19(16(20)10-22-3)9-13-7-12-8-14(23-4)5-6-15(12)18-17(13)21/h5-8,11H,9-10H2,1-4H3,(H,18,21). The summed E-state index contributed by atoms with van der Waals surface area (Å²) < 4.78 is 10.1. The van der Waals surface area contributed by atoms with E-state index in [0.29, 0.717) is 11.3 Å². The van der Waals surface area contributed by atoms with Gasteiger partial charge in [0.1, 0.15) is 12.4 Å². The Morgan fingerprint density at radius 2 is 2.00 bits per heavy atom. The van der Waals surface area contributed by atoms with Gasteiger partial charge in [-0.1, -0.05) is 0 Å². The van der Waals surface area contributed by atoms with Crippen LogP contribution in [0.4, 0.5) is 0 Å². The molecule has 0 spiro atoms. The normalized spacial score (nSPS) is 11.0. The lowest BCUT2D eigenvalue weighted by Gasteiger charge is -2.26. The number of fused-ring (bicyclic) bond motifs is 1. The second-order valence-corrected chi connectivity index (χ2v) is 5.63. The molecule has 1 aromatic heterocycles. The Balaban J connectivity index is 2.39. The Labute approximate surface area is 135 Å². The number of carbonyl (C=O) groups excluding carboxylic acids is 1. The molecule has 2 rings (SSSR count). The fraction of sp³-hybridized carbons (Fsp3) is 0.412. The predicted octanol–water partition coefficient (Wildman–Crippen LogP) is 1.92. The van der Waals surface area contributed by atoms with E-state index < -0.39 is 0 Å². The number of amides is 1. The molecule has 1 heterocycles. The van der Waals surface area contributed by atoms with Gasteiger partial charge in [-0.15, -0.1) is 0 Å². The third-order valence-corrected chi connectivity index (χ3v) is 3.68. The second kappa shape index (κ2) is 7.28. The molecule has 124 valence electrons. The van der Waals surface area contributed by atoms with Gasteiger partial charge in [-0.2, -0.15) is 0 Å². The number of aromatic nitrogens is 1. The number of nitrogens with one attached hydrogen (secondary N) is 1. The van der Waals surface area contributed by atoms with Crippen molar-refractivity contribution in [3.8, 4) is 5.75 Å². The van der Waals surface area contributed by atoms with Gasteiger partial charge in [0.2, 0.25) is 5.91 Å². The maximum absolute atomic E-state index is 12.3. The van der Waals surface area contributed by atoms with Crippen molar-refractivity contribution >= 4 is 16.8 Å². The Morgan fingerprint density at radius 3 is 2.61 bits per heavy atom. The maximum atomic E-state index is 12.3. The smallest absolute Gasteiger partial charge is 0.253 e. The number of ether oxygens (including phenoxy) is 2. The van der Waals surface area contributed by atoms with Gasteiger partial charge in [0, 0.05) is 29.6 Å². The van der Waals surface area contributed by atoms with Gasteiger partial charge in [-0.05, 0) is 38.1 Å². The van der Waals surface area contributed by atoms with E-state index >= 15 is 0 Å². The van der Waals surface area contributed by atoms with Crippen LogP contribution in [-0.2, 0) is 16.1 Å². The predicted molar refractivity (Wildman–Crippen MR) is 88.7 cm³/mol. The average molecular weight is 318 g/mol. The van der Waals surface area contributed by atoms with Crippen LogP contribution < -0.4 is 10.3 Å². The first-order valence-electron chi connectivity index (χ1n) is 7.44. The molecule has 0 unspecified atom stereocenters. The number of H-pyrrole nitrogens is 1. The SMILES string of the molecule is COCC(=O)N(Cc1cc2cc(OC)ccc2[nH]c1=O)C(C)C. The molecule has 0 fully saturated rings. The zero-order valence-corrected chi connectivity index (χ0v) is 13.9. The summed E-state index contributed by atoms with van der Waals surface area (Å²) >= 11 is 0. The van der Waals surface area contributed by atoms with Crippen molar-refractivity contribution in [2.45, 2.75) is 26.4 Å². The quantitative estimate of drug-likeness (QED) is 0.883. The van der Waals surface area contributed by atoms with E-state index in [2.05, 4.69) is 4.98 Å². The van der Waals surface area contributed by atoms with Crippen molar-refractivity contribution in [1.29, 1.82) is 0 Å². The van der Waals surface area contributed by atoms with Crippen LogP contribution in [0.1, 0.15) is 19.4 Å². The Bertz CT molecular complexity index is 752.